The van der Waals surface area contributed by atoms with Crippen LogP contribution in [0.2, 0.25) is 0 Å². The maximum atomic E-state index is 11.5. The van der Waals surface area contributed by atoms with Crippen molar-refractivity contribution in [2.75, 3.05) is 19.0 Å². The molecule has 5 heteroatoms. The van der Waals surface area contributed by atoms with E-state index < -0.39 is 9.84 Å². The molecule has 0 bridgehead atoms. The van der Waals surface area contributed by atoms with Crippen LogP contribution in [0.15, 0.2) is 0 Å². The van der Waals surface area contributed by atoms with Crippen LogP contribution in [0.3, 0.4) is 0 Å². The van der Waals surface area contributed by atoms with Gasteiger partial charge in [-0.2, -0.15) is 0 Å². The standard InChI is InChI=1S/C9H18O4S/c1-8(2)14(10,11)7-4-9-12-5-3-6-13-9/h8-9H,3-7H2,1-2H3. The van der Waals surface area contributed by atoms with Crippen LogP contribution in [0.5, 0.6) is 0 Å². The minimum atomic E-state index is -2.96. The summed E-state index contributed by atoms with van der Waals surface area (Å²) >= 11 is 0. The van der Waals surface area contributed by atoms with E-state index in [-0.39, 0.29) is 17.3 Å². The summed E-state index contributed by atoms with van der Waals surface area (Å²) in [5, 5.41) is -0.314. The third kappa shape index (κ3) is 3.55. The topological polar surface area (TPSA) is 52.6 Å². The van der Waals surface area contributed by atoms with E-state index in [1.807, 2.05) is 0 Å². The molecule has 0 atom stereocenters. The molecule has 14 heavy (non-hydrogen) atoms. The van der Waals surface area contributed by atoms with E-state index in [1.165, 1.54) is 0 Å². The normalized spacial score (nSPS) is 20.2. The molecule has 1 aliphatic heterocycles. The average Bonchev–Trinajstić information content (AvgIpc) is 2.16. The van der Waals surface area contributed by atoms with Crippen LogP contribution >= 0.6 is 0 Å². The van der Waals surface area contributed by atoms with Gasteiger partial charge in [0, 0.05) is 6.42 Å². The molecule has 0 saturated carbocycles. The highest BCUT2D eigenvalue weighted by molar-refractivity contribution is 7.91. The van der Waals surface area contributed by atoms with Crippen molar-refractivity contribution >= 4 is 9.84 Å². The molecule has 0 radical (unpaired) electrons. The van der Waals surface area contributed by atoms with Gasteiger partial charge in [0.05, 0.1) is 24.2 Å². The predicted molar refractivity (Wildman–Crippen MR) is 53.8 cm³/mol. The first-order valence-electron chi connectivity index (χ1n) is 4.97. The van der Waals surface area contributed by atoms with E-state index in [1.54, 1.807) is 13.8 Å². The molecule has 0 aliphatic carbocycles. The molecule has 1 aliphatic rings. The lowest BCUT2D eigenvalue weighted by molar-refractivity contribution is -0.178. The summed E-state index contributed by atoms with van der Waals surface area (Å²) in [6, 6.07) is 0. The Morgan fingerprint density at radius 2 is 1.86 bits per heavy atom. The molecule has 1 rings (SSSR count). The van der Waals surface area contributed by atoms with Crippen molar-refractivity contribution in [1.82, 2.24) is 0 Å². The van der Waals surface area contributed by atoms with Gasteiger partial charge in [0.25, 0.3) is 0 Å². The lowest BCUT2D eigenvalue weighted by Crippen LogP contribution is -2.28. The van der Waals surface area contributed by atoms with Gasteiger partial charge in [-0.1, -0.05) is 0 Å². The Morgan fingerprint density at radius 1 is 1.29 bits per heavy atom. The number of rotatable bonds is 4. The van der Waals surface area contributed by atoms with Crippen molar-refractivity contribution in [3.05, 3.63) is 0 Å². The fourth-order valence-electron chi connectivity index (χ4n) is 1.20. The van der Waals surface area contributed by atoms with Crippen LogP contribution in [0.25, 0.3) is 0 Å². The van der Waals surface area contributed by atoms with Gasteiger partial charge in [0.15, 0.2) is 16.1 Å². The second-order valence-electron chi connectivity index (χ2n) is 3.73. The van der Waals surface area contributed by atoms with Crippen LogP contribution in [-0.2, 0) is 19.3 Å². The first-order valence-corrected chi connectivity index (χ1v) is 6.68. The van der Waals surface area contributed by atoms with Crippen molar-refractivity contribution in [3.8, 4) is 0 Å². The smallest absolute Gasteiger partial charge is 0.158 e. The second kappa shape index (κ2) is 5.09. The Bertz CT molecular complexity index is 252. The molecule has 1 fully saturated rings. The van der Waals surface area contributed by atoms with Gasteiger partial charge in [0.2, 0.25) is 0 Å². The molecule has 4 nitrogen and oxygen atoms in total. The van der Waals surface area contributed by atoms with Gasteiger partial charge >= 0.3 is 0 Å². The molecule has 0 spiro atoms. The fourth-order valence-corrected chi connectivity index (χ4v) is 2.19. The second-order valence-corrected chi connectivity index (χ2v) is 6.41. The zero-order valence-electron chi connectivity index (χ0n) is 8.73. The maximum Gasteiger partial charge on any atom is 0.158 e. The van der Waals surface area contributed by atoms with E-state index in [4.69, 9.17) is 9.47 Å². The van der Waals surface area contributed by atoms with Crippen LogP contribution in [0.4, 0.5) is 0 Å². The van der Waals surface area contributed by atoms with Crippen molar-refractivity contribution in [1.29, 1.82) is 0 Å². The minimum absolute atomic E-state index is 0.148. The zero-order chi connectivity index (χ0) is 10.6. The zero-order valence-corrected chi connectivity index (χ0v) is 9.55. The molecule has 0 unspecified atom stereocenters. The maximum absolute atomic E-state index is 11.5. The monoisotopic (exact) mass is 222 g/mol. The van der Waals surface area contributed by atoms with Gasteiger partial charge in [-0.05, 0) is 20.3 Å². The summed E-state index contributed by atoms with van der Waals surface area (Å²) in [5.74, 6) is 0.148. The lowest BCUT2D eigenvalue weighted by Gasteiger charge is -2.23. The Labute approximate surface area is 85.5 Å². The van der Waals surface area contributed by atoms with E-state index in [2.05, 4.69) is 0 Å². The van der Waals surface area contributed by atoms with Crippen LogP contribution in [0, 0.1) is 0 Å². The third-order valence-corrected chi connectivity index (χ3v) is 4.49. The summed E-state index contributed by atoms with van der Waals surface area (Å²) in [5.41, 5.74) is 0. The summed E-state index contributed by atoms with van der Waals surface area (Å²) in [4.78, 5) is 0. The van der Waals surface area contributed by atoms with Crippen molar-refractivity contribution in [2.24, 2.45) is 0 Å². The van der Waals surface area contributed by atoms with Gasteiger partial charge in [-0.25, -0.2) is 8.42 Å². The molecule has 0 aromatic heterocycles. The Hall–Kier alpha value is -0.130. The minimum Gasteiger partial charge on any atom is -0.353 e. The molecule has 0 aromatic rings. The Kier molecular flexibility index (Phi) is 4.34. The summed E-state index contributed by atoms with van der Waals surface area (Å²) in [6.07, 6.45) is 1.02. The highest BCUT2D eigenvalue weighted by Gasteiger charge is 2.21. The lowest BCUT2D eigenvalue weighted by atomic mass is 10.4. The highest BCUT2D eigenvalue weighted by atomic mass is 32.2. The first kappa shape index (κ1) is 11.9. The van der Waals surface area contributed by atoms with Crippen LogP contribution in [0.1, 0.15) is 26.7 Å². The number of hydrogen-bond donors (Lipinski definition) is 0. The first-order chi connectivity index (χ1) is 6.52. The van der Waals surface area contributed by atoms with E-state index in [0.29, 0.717) is 19.6 Å². The number of sulfone groups is 1. The molecule has 1 heterocycles. The summed E-state index contributed by atoms with van der Waals surface area (Å²) in [7, 11) is -2.96. The molecule has 1 saturated heterocycles. The average molecular weight is 222 g/mol. The molecule has 84 valence electrons. The third-order valence-electron chi connectivity index (χ3n) is 2.25. The van der Waals surface area contributed by atoms with Crippen LogP contribution in [-0.4, -0.2) is 38.9 Å². The number of hydrogen-bond acceptors (Lipinski definition) is 4. The quantitative estimate of drug-likeness (QED) is 0.711. The SMILES string of the molecule is CC(C)S(=O)(=O)CCC1OCCCO1. The van der Waals surface area contributed by atoms with Crippen molar-refractivity contribution in [3.63, 3.8) is 0 Å². The van der Waals surface area contributed by atoms with Gasteiger partial charge in [0.1, 0.15) is 0 Å². The molecular weight excluding hydrogens is 204 g/mol. The Morgan fingerprint density at radius 3 is 2.36 bits per heavy atom. The van der Waals surface area contributed by atoms with Crippen molar-refractivity contribution < 1.29 is 17.9 Å². The van der Waals surface area contributed by atoms with E-state index in [9.17, 15) is 8.42 Å². The van der Waals surface area contributed by atoms with Crippen molar-refractivity contribution in [2.45, 2.75) is 38.2 Å². The van der Waals surface area contributed by atoms with Gasteiger partial charge < -0.3 is 9.47 Å². The molecule has 0 N–H and O–H groups in total. The molecule has 0 amide bonds. The largest absolute Gasteiger partial charge is 0.353 e. The number of ether oxygens (including phenoxy) is 2. The van der Waals surface area contributed by atoms with Crippen LogP contribution < -0.4 is 0 Å². The predicted octanol–water partition coefficient (Wildman–Crippen LogP) is 0.963. The highest BCUT2D eigenvalue weighted by Crippen LogP contribution is 2.11. The van der Waals surface area contributed by atoms with Gasteiger partial charge in [-0.15, -0.1) is 0 Å². The van der Waals surface area contributed by atoms with E-state index in [0.717, 1.165) is 6.42 Å². The summed E-state index contributed by atoms with van der Waals surface area (Å²) < 4.78 is 33.5. The van der Waals surface area contributed by atoms with Gasteiger partial charge in [-0.3, -0.25) is 0 Å². The van der Waals surface area contributed by atoms with E-state index >= 15 is 0 Å². The Balaban J connectivity index is 2.32. The fraction of sp³-hybridized carbons (Fsp3) is 1.00. The summed E-state index contributed by atoms with van der Waals surface area (Å²) in [6.45, 7) is 4.73. The molecule has 0 aromatic carbocycles. The molecular formula is C9H18O4S.